The predicted octanol–water partition coefficient (Wildman–Crippen LogP) is 0.415. The number of nitro groups is 1. The van der Waals surface area contributed by atoms with Crippen LogP contribution < -0.4 is 21.7 Å². The van der Waals surface area contributed by atoms with Crippen LogP contribution in [0.25, 0.3) is 0 Å². The largest absolute Gasteiger partial charge is 0.480 e. The Bertz CT molecular complexity index is 948. The maximum absolute atomic E-state index is 11.1. The number of nitro benzene ring substituents is 1. The molecule has 0 heterocycles. The van der Waals surface area contributed by atoms with E-state index in [1.54, 1.807) is 0 Å². The smallest absolute Gasteiger partial charge is 0.322 e. The molecule has 0 aromatic heterocycles. The SMILES string of the molecule is C=C(C)C(=O)NCC(=O)O.CC(C)CC(N)C(=O)NCC(=O)O.O=C(O)CNc1ccc([N+](=O)[O-])cc1. The Morgan fingerprint density at radius 3 is 1.78 bits per heavy atom. The third kappa shape index (κ3) is 20.5. The second-order valence-electron chi connectivity index (χ2n) is 7.76. The third-order valence-electron chi connectivity index (χ3n) is 3.79. The number of nitrogens with zero attached hydrogens (tertiary/aromatic N) is 1. The Morgan fingerprint density at radius 2 is 1.41 bits per heavy atom. The number of non-ortho nitro benzene ring substituents is 1. The van der Waals surface area contributed by atoms with Crippen LogP contribution in [-0.4, -0.2) is 75.6 Å². The van der Waals surface area contributed by atoms with Crippen molar-refractivity contribution >= 4 is 41.1 Å². The molecule has 1 rings (SSSR count). The Balaban J connectivity index is 0. The van der Waals surface area contributed by atoms with Gasteiger partial charge in [0.15, 0.2) is 0 Å². The van der Waals surface area contributed by atoms with Crippen molar-refractivity contribution in [3.05, 3.63) is 46.5 Å². The standard InChI is InChI=1S/C8H8N2O4.C8H16N2O3.C6H9NO3/c11-8(12)5-9-6-1-3-7(4-2-6)10(13)14;1-5(2)3-6(9)8(13)10-4-7(11)12;1-4(2)6(10)7-3-5(8)9/h1-4,9H,5H2,(H,11,12);5-6H,3-4,9H2,1-2H3,(H,10,13)(H,11,12);1,3H2,2H3,(H,7,10)(H,8,9). The Morgan fingerprint density at radius 1 is 0.946 bits per heavy atom. The lowest BCUT2D eigenvalue weighted by atomic mass is 10.0. The van der Waals surface area contributed by atoms with Gasteiger partial charge in [0.2, 0.25) is 11.8 Å². The van der Waals surface area contributed by atoms with Crippen molar-refractivity contribution in [2.24, 2.45) is 11.7 Å². The average molecular weight is 528 g/mol. The van der Waals surface area contributed by atoms with Crippen molar-refractivity contribution in [1.29, 1.82) is 0 Å². The number of amides is 2. The van der Waals surface area contributed by atoms with Crippen LogP contribution in [0.4, 0.5) is 11.4 Å². The molecule has 37 heavy (non-hydrogen) atoms. The van der Waals surface area contributed by atoms with Crippen LogP contribution in [0.2, 0.25) is 0 Å². The zero-order valence-electron chi connectivity index (χ0n) is 20.7. The molecule has 0 bridgehead atoms. The second-order valence-corrected chi connectivity index (χ2v) is 7.76. The second kappa shape index (κ2) is 18.8. The summed E-state index contributed by atoms with van der Waals surface area (Å²) in [4.78, 5) is 61.6. The highest BCUT2D eigenvalue weighted by Gasteiger charge is 2.15. The van der Waals surface area contributed by atoms with Crippen LogP contribution in [-0.2, 0) is 24.0 Å². The first-order chi connectivity index (χ1) is 17.1. The first kappa shape index (κ1) is 34.6. The molecule has 206 valence electrons. The van der Waals surface area contributed by atoms with E-state index >= 15 is 0 Å². The Hall–Kier alpha value is -4.53. The number of carboxylic acids is 3. The number of carboxylic acid groups (broad SMARTS) is 3. The third-order valence-corrected chi connectivity index (χ3v) is 3.79. The molecule has 15 nitrogen and oxygen atoms in total. The van der Waals surface area contributed by atoms with Crippen molar-refractivity contribution < 1.29 is 44.2 Å². The van der Waals surface area contributed by atoms with Crippen molar-refractivity contribution in [2.45, 2.75) is 33.2 Å². The van der Waals surface area contributed by atoms with Crippen molar-refractivity contribution in [3.8, 4) is 0 Å². The number of nitrogens with one attached hydrogen (secondary N) is 3. The summed E-state index contributed by atoms with van der Waals surface area (Å²) < 4.78 is 0. The number of nitrogens with two attached hydrogens (primary N) is 1. The van der Waals surface area contributed by atoms with E-state index in [1.165, 1.54) is 31.2 Å². The molecule has 0 radical (unpaired) electrons. The molecule has 0 aliphatic heterocycles. The van der Waals surface area contributed by atoms with E-state index in [2.05, 4.69) is 22.5 Å². The minimum Gasteiger partial charge on any atom is -0.480 e. The van der Waals surface area contributed by atoms with Gasteiger partial charge in [-0.15, -0.1) is 0 Å². The summed E-state index contributed by atoms with van der Waals surface area (Å²) in [6.07, 6.45) is 0.561. The first-order valence-corrected chi connectivity index (χ1v) is 10.7. The maximum atomic E-state index is 11.1. The van der Waals surface area contributed by atoms with Crippen molar-refractivity contribution in [2.75, 3.05) is 25.0 Å². The minimum atomic E-state index is -1.06. The number of anilines is 1. The summed E-state index contributed by atoms with van der Waals surface area (Å²) in [7, 11) is 0. The lowest BCUT2D eigenvalue weighted by Gasteiger charge is -2.12. The van der Waals surface area contributed by atoms with Crippen LogP contribution in [0.5, 0.6) is 0 Å². The fourth-order valence-corrected chi connectivity index (χ4v) is 2.09. The molecule has 0 saturated heterocycles. The predicted molar refractivity (Wildman–Crippen MR) is 133 cm³/mol. The number of hydrogen-bond donors (Lipinski definition) is 7. The first-order valence-electron chi connectivity index (χ1n) is 10.7. The molecule has 0 saturated carbocycles. The maximum Gasteiger partial charge on any atom is 0.322 e. The molecule has 1 unspecified atom stereocenters. The minimum absolute atomic E-state index is 0.0223. The van der Waals surface area contributed by atoms with Crippen molar-refractivity contribution in [1.82, 2.24) is 10.6 Å². The van der Waals surface area contributed by atoms with Gasteiger partial charge in [0.25, 0.3) is 5.69 Å². The van der Waals surface area contributed by atoms with E-state index in [9.17, 15) is 34.1 Å². The molecule has 1 aromatic rings. The molecule has 0 aliphatic carbocycles. The molecule has 0 aliphatic rings. The monoisotopic (exact) mass is 527 g/mol. The summed E-state index contributed by atoms with van der Waals surface area (Å²) in [5.41, 5.74) is 6.32. The van der Waals surface area contributed by atoms with E-state index < -0.39 is 40.7 Å². The number of carbonyl (C=O) groups excluding carboxylic acids is 2. The van der Waals surface area contributed by atoms with Crippen molar-refractivity contribution in [3.63, 3.8) is 0 Å². The lowest BCUT2D eigenvalue weighted by molar-refractivity contribution is -0.384. The number of benzene rings is 1. The van der Waals surface area contributed by atoms with E-state index in [0.717, 1.165) is 0 Å². The lowest BCUT2D eigenvalue weighted by Crippen LogP contribution is -2.43. The molecule has 2 amide bonds. The normalized spacial score (nSPS) is 10.3. The summed E-state index contributed by atoms with van der Waals surface area (Å²) in [5.74, 6) is -3.62. The summed E-state index contributed by atoms with van der Waals surface area (Å²) in [6.45, 7) is 7.80. The fraction of sp³-hybridized carbons (Fsp3) is 0.409. The average Bonchev–Trinajstić information content (AvgIpc) is 2.80. The summed E-state index contributed by atoms with van der Waals surface area (Å²) in [6, 6.07) is 4.93. The molecule has 1 aromatic carbocycles. The van der Waals surface area contributed by atoms with Crippen LogP contribution in [0.3, 0.4) is 0 Å². The molecule has 0 fully saturated rings. The highest BCUT2D eigenvalue weighted by atomic mass is 16.6. The number of aliphatic carboxylic acids is 3. The molecule has 15 heteroatoms. The van der Waals surface area contributed by atoms with Gasteiger partial charge in [0, 0.05) is 23.4 Å². The summed E-state index contributed by atoms with van der Waals surface area (Å²) >= 11 is 0. The quantitative estimate of drug-likeness (QED) is 0.111. The molecular formula is C22H33N5O10. The zero-order valence-corrected chi connectivity index (χ0v) is 20.7. The molecular weight excluding hydrogens is 494 g/mol. The van der Waals surface area contributed by atoms with Gasteiger partial charge in [-0.25, -0.2) is 0 Å². The van der Waals surface area contributed by atoms with Gasteiger partial charge < -0.3 is 37.0 Å². The van der Waals surface area contributed by atoms with E-state index in [-0.39, 0.29) is 25.3 Å². The van der Waals surface area contributed by atoms with Crippen LogP contribution in [0, 0.1) is 16.0 Å². The van der Waals surface area contributed by atoms with Gasteiger partial charge in [-0.2, -0.15) is 0 Å². The summed E-state index contributed by atoms with van der Waals surface area (Å²) in [5, 5.41) is 41.9. The zero-order chi connectivity index (χ0) is 29.1. The topological polar surface area (TPSA) is 251 Å². The van der Waals surface area contributed by atoms with Crippen LogP contribution >= 0.6 is 0 Å². The molecule has 1 atom stereocenters. The fourth-order valence-electron chi connectivity index (χ4n) is 2.09. The van der Waals surface area contributed by atoms with Crippen LogP contribution in [0.15, 0.2) is 36.4 Å². The number of hydrogen-bond acceptors (Lipinski definition) is 9. The van der Waals surface area contributed by atoms with E-state index in [0.29, 0.717) is 23.6 Å². The van der Waals surface area contributed by atoms with Gasteiger partial charge in [-0.05, 0) is 31.4 Å². The van der Waals surface area contributed by atoms with Crippen LogP contribution in [0.1, 0.15) is 27.2 Å². The number of carbonyl (C=O) groups is 5. The van der Waals surface area contributed by atoms with Gasteiger partial charge in [0.05, 0.1) is 11.0 Å². The highest BCUT2D eigenvalue weighted by molar-refractivity contribution is 5.93. The Labute approximate surface area is 212 Å². The van der Waals surface area contributed by atoms with Gasteiger partial charge >= 0.3 is 17.9 Å². The van der Waals surface area contributed by atoms with Gasteiger partial charge in [-0.3, -0.25) is 34.1 Å². The van der Waals surface area contributed by atoms with E-state index in [4.69, 9.17) is 21.1 Å². The number of rotatable bonds is 12. The van der Waals surface area contributed by atoms with Gasteiger partial charge in [0.1, 0.15) is 19.6 Å². The Kier molecular flexibility index (Phi) is 17.6. The highest BCUT2D eigenvalue weighted by Crippen LogP contribution is 2.14. The molecule has 8 N–H and O–H groups in total. The molecule has 0 spiro atoms. The van der Waals surface area contributed by atoms with E-state index in [1.807, 2.05) is 13.8 Å². The van der Waals surface area contributed by atoms with Gasteiger partial charge in [-0.1, -0.05) is 20.4 Å².